The van der Waals surface area contributed by atoms with Gasteiger partial charge < -0.3 is 10.6 Å². The molecule has 2 rings (SSSR count). The molecule has 0 aliphatic carbocycles. The van der Waals surface area contributed by atoms with E-state index in [1.165, 1.54) is 0 Å². The van der Waals surface area contributed by atoms with Crippen LogP contribution in [0.15, 0.2) is 30.3 Å². The quantitative estimate of drug-likeness (QED) is 0.634. The number of rotatable bonds is 1. The molecule has 3 heteroatoms. The molecule has 0 saturated carbocycles. The average molecular weight is 176 g/mol. The number of β-lactam (4-membered cyclic amide) rings is 1. The second kappa shape index (κ2) is 2.85. The van der Waals surface area contributed by atoms with Crippen molar-refractivity contribution in [3.8, 4) is 0 Å². The molecule has 1 fully saturated rings. The van der Waals surface area contributed by atoms with Gasteiger partial charge in [-0.05, 0) is 5.56 Å². The topological polar surface area (TPSA) is 46.3 Å². The molecule has 1 aliphatic heterocycles. The molecular formula is C10H12N2O. The number of nitrogens with two attached hydrogens (primary N) is 1. The minimum atomic E-state index is -0.354. The van der Waals surface area contributed by atoms with Gasteiger partial charge in [0.25, 0.3) is 0 Å². The van der Waals surface area contributed by atoms with Crippen molar-refractivity contribution in [3.63, 3.8) is 0 Å². The largest absolute Gasteiger partial charge is 0.335 e. The number of carbonyl (C=O) groups excluding carboxylic acids is 1. The third-order valence-corrected chi connectivity index (χ3v) is 2.53. The second-order valence-corrected chi connectivity index (χ2v) is 3.33. The van der Waals surface area contributed by atoms with E-state index in [1.54, 1.807) is 11.9 Å². The lowest BCUT2D eigenvalue weighted by Crippen LogP contribution is -2.61. The van der Waals surface area contributed by atoms with E-state index in [9.17, 15) is 4.79 Å². The molecule has 68 valence electrons. The first-order chi connectivity index (χ1) is 6.22. The molecule has 1 aromatic carbocycles. The lowest BCUT2D eigenvalue weighted by molar-refractivity contribution is -0.146. The highest BCUT2D eigenvalue weighted by atomic mass is 16.2. The van der Waals surface area contributed by atoms with Crippen molar-refractivity contribution in [1.82, 2.24) is 4.90 Å². The Balaban J connectivity index is 2.25. The summed E-state index contributed by atoms with van der Waals surface area (Å²) in [6.07, 6.45) is 0. The summed E-state index contributed by atoms with van der Waals surface area (Å²) < 4.78 is 0. The summed E-state index contributed by atoms with van der Waals surface area (Å²) in [4.78, 5) is 12.8. The molecule has 0 spiro atoms. The van der Waals surface area contributed by atoms with Crippen molar-refractivity contribution >= 4 is 5.91 Å². The molecule has 0 aromatic heterocycles. The van der Waals surface area contributed by atoms with Gasteiger partial charge in [0.15, 0.2) is 0 Å². The van der Waals surface area contributed by atoms with Gasteiger partial charge in [-0.15, -0.1) is 0 Å². The minimum Gasteiger partial charge on any atom is -0.335 e. The lowest BCUT2D eigenvalue weighted by atomic mass is 9.90. The second-order valence-electron chi connectivity index (χ2n) is 3.33. The molecule has 1 heterocycles. The highest BCUT2D eigenvalue weighted by Gasteiger charge is 2.42. The zero-order chi connectivity index (χ0) is 9.42. The van der Waals surface area contributed by atoms with Crippen molar-refractivity contribution in [3.05, 3.63) is 35.9 Å². The van der Waals surface area contributed by atoms with Crippen molar-refractivity contribution in [2.75, 3.05) is 7.05 Å². The highest BCUT2D eigenvalue weighted by molar-refractivity contribution is 5.89. The number of amides is 1. The zero-order valence-electron chi connectivity index (χ0n) is 7.47. The van der Waals surface area contributed by atoms with Crippen LogP contribution in [0.1, 0.15) is 11.6 Å². The summed E-state index contributed by atoms with van der Waals surface area (Å²) in [6, 6.07) is 9.56. The van der Waals surface area contributed by atoms with Crippen LogP contribution in [0.25, 0.3) is 0 Å². The molecule has 1 amide bonds. The molecule has 1 saturated heterocycles. The highest BCUT2D eigenvalue weighted by Crippen LogP contribution is 2.31. The fourth-order valence-electron chi connectivity index (χ4n) is 1.75. The van der Waals surface area contributed by atoms with E-state index in [2.05, 4.69) is 0 Å². The van der Waals surface area contributed by atoms with Crippen molar-refractivity contribution in [2.45, 2.75) is 12.1 Å². The maximum absolute atomic E-state index is 11.1. The number of nitrogens with zero attached hydrogens (tertiary/aromatic N) is 1. The third-order valence-electron chi connectivity index (χ3n) is 2.53. The number of hydrogen-bond acceptors (Lipinski definition) is 2. The Morgan fingerprint density at radius 1 is 1.31 bits per heavy atom. The number of benzene rings is 1. The summed E-state index contributed by atoms with van der Waals surface area (Å²) in [5.41, 5.74) is 6.81. The first-order valence-electron chi connectivity index (χ1n) is 4.29. The van der Waals surface area contributed by atoms with Crippen molar-refractivity contribution in [1.29, 1.82) is 0 Å². The van der Waals surface area contributed by atoms with Gasteiger partial charge in [-0.25, -0.2) is 0 Å². The van der Waals surface area contributed by atoms with E-state index < -0.39 is 0 Å². The van der Waals surface area contributed by atoms with Crippen LogP contribution in [0.3, 0.4) is 0 Å². The summed E-state index contributed by atoms with van der Waals surface area (Å²) >= 11 is 0. The summed E-state index contributed by atoms with van der Waals surface area (Å²) in [6.45, 7) is 0. The maximum atomic E-state index is 11.1. The summed E-state index contributed by atoms with van der Waals surface area (Å²) in [7, 11) is 1.78. The van der Waals surface area contributed by atoms with Crippen LogP contribution < -0.4 is 5.73 Å². The van der Waals surface area contributed by atoms with Crippen LogP contribution in [0.2, 0.25) is 0 Å². The molecule has 3 nitrogen and oxygen atoms in total. The summed E-state index contributed by atoms with van der Waals surface area (Å²) in [5.74, 6) is 0.0221. The Bertz CT molecular complexity index is 311. The Hall–Kier alpha value is -1.35. The van der Waals surface area contributed by atoms with Gasteiger partial charge >= 0.3 is 0 Å². The number of likely N-dealkylation sites (tertiary alicyclic amines) is 1. The van der Waals surface area contributed by atoms with Gasteiger partial charge in [-0.1, -0.05) is 30.3 Å². The Labute approximate surface area is 77.1 Å². The molecule has 2 atom stereocenters. The van der Waals surface area contributed by atoms with Crippen LogP contribution in [-0.2, 0) is 4.79 Å². The first-order valence-corrected chi connectivity index (χ1v) is 4.29. The van der Waals surface area contributed by atoms with E-state index in [0.717, 1.165) is 5.56 Å². The molecule has 2 N–H and O–H groups in total. The Morgan fingerprint density at radius 2 is 1.92 bits per heavy atom. The smallest absolute Gasteiger partial charge is 0.242 e. The van der Waals surface area contributed by atoms with E-state index >= 15 is 0 Å². The van der Waals surface area contributed by atoms with Gasteiger partial charge in [0, 0.05) is 7.05 Å². The standard InChI is InChI=1S/C10H12N2O/c1-12-9(8(11)10(12)13)7-5-3-2-4-6-7/h2-6,8-9H,11H2,1H3/t8-,9+/m1/s1. The molecule has 13 heavy (non-hydrogen) atoms. The number of hydrogen-bond donors (Lipinski definition) is 1. The molecule has 0 bridgehead atoms. The average Bonchev–Trinajstić information content (AvgIpc) is 2.19. The van der Waals surface area contributed by atoms with Crippen LogP contribution in [0.5, 0.6) is 0 Å². The van der Waals surface area contributed by atoms with E-state index in [-0.39, 0.29) is 18.0 Å². The molecular weight excluding hydrogens is 164 g/mol. The van der Waals surface area contributed by atoms with Gasteiger partial charge in [-0.2, -0.15) is 0 Å². The first kappa shape index (κ1) is 8.26. The Kier molecular flexibility index (Phi) is 1.81. The van der Waals surface area contributed by atoms with E-state index in [1.807, 2.05) is 30.3 Å². The van der Waals surface area contributed by atoms with Crippen LogP contribution in [0, 0.1) is 0 Å². The van der Waals surface area contributed by atoms with E-state index in [4.69, 9.17) is 5.73 Å². The minimum absolute atomic E-state index is 0.0221. The normalized spacial score (nSPS) is 27.2. The monoisotopic (exact) mass is 176 g/mol. The zero-order valence-corrected chi connectivity index (χ0v) is 7.47. The van der Waals surface area contributed by atoms with Gasteiger partial charge in [-0.3, -0.25) is 4.79 Å². The lowest BCUT2D eigenvalue weighted by Gasteiger charge is -2.43. The van der Waals surface area contributed by atoms with Crippen molar-refractivity contribution in [2.24, 2.45) is 5.73 Å². The molecule has 1 aromatic rings. The van der Waals surface area contributed by atoms with Crippen LogP contribution >= 0.6 is 0 Å². The SMILES string of the molecule is CN1C(=O)[C@H](N)[C@@H]1c1ccccc1. The van der Waals surface area contributed by atoms with Gasteiger partial charge in [0.05, 0.1) is 6.04 Å². The Morgan fingerprint density at radius 3 is 2.46 bits per heavy atom. The van der Waals surface area contributed by atoms with Gasteiger partial charge in [0.1, 0.15) is 6.04 Å². The molecule has 0 radical (unpaired) electrons. The summed E-state index contributed by atoms with van der Waals surface area (Å²) in [5, 5.41) is 0. The predicted molar refractivity (Wildman–Crippen MR) is 49.9 cm³/mol. The third kappa shape index (κ3) is 1.12. The fourth-order valence-corrected chi connectivity index (χ4v) is 1.75. The number of likely N-dealkylation sites (N-methyl/N-ethyl adjacent to an activating group) is 1. The predicted octanol–water partition coefficient (Wildman–Crippen LogP) is 0.527. The van der Waals surface area contributed by atoms with Crippen LogP contribution in [0.4, 0.5) is 0 Å². The maximum Gasteiger partial charge on any atom is 0.242 e. The van der Waals surface area contributed by atoms with E-state index in [0.29, 0.717) is 0 Å². The van der Waals surface area contributed by atoms with Crippen molar-refractivity contribution < 1.29 is 4.79 Å². The molecule has 1 aliphatic rings. The number of carbonyl (C=O) groups is 1. The van der Waals surface area contributed by atoms with Crippen LogP contribution in [-0.4, -0.2) is 23.9 Å². The fraction of sp³-hybridized carbons (Fsp3) is 0.300. The molecule has 0 unspecified atom stereocenters. The van der Waals surface area contributed by atoms with Gasteiger partial charge in [0.2, 0.25) is 5.91 Å².